The first-order chi connectivity index (χ1) is 15.0. The normalized spacial score (nSPS) is 11.6. The SMILES string of the molecule is NC/C(=C\F)COc1ccc(C(=O)n2cc3ccc(Cl)cc3c2)cc1.O=C(O)C(F)(F)F. The van der Waals surface area contributed by atoms with Crippen molar-refractivity contribution in [2.45, 2.75) is 6.18 Å². The van der Waals surface area contributed by atoms with Crippen LogP contribution >= 0.6 is 11.6 Å². The molecule has 0 aliphatic rings. The number of ether oxygens (including phenoxy) is 1. The summed E-state index contributed by atoms with van der Waals surface area (Å²) in [4.78, 5) is 21.5. The third kappa shape index (κ3) is 6.82. The summed E-state index contributed by atoms with van der Waals surface area (Å²) >= 11 is 5.97. The highest BCUT2D eigenvalue weighted by Gasteiger charge is 2.38. The average molecular weight is 473 g/mol. The number of halogens is 5. The predicted octanol–water partition coefficient (Wildman–Crippen LogP) is 4.81. The van der Waals surface area contributed by atoms with E-state index in [1.807, 2.05) is 12.1 Å². The second-order valence-corrected chi connectivity index (χ2v) is 6.77. The fourth-order valence-corrected chi connectivity index (χ4v) is 2.56. The maximum Gasteiger partial charge on any atom is 0.490 e. The summed E-state index contributed by atoms with van der Waals surface area (Å²) in [6.45, 7) is 0.169. The third-order valence-corrected chi connectivity index (χ3v) is 4.26. The standard InChI is InChI=1S/C19H16ClFN2O2.C2HF3O2/c20-17-4-1-15-10-23(11-16(15)7-17)19(24)14-2-5-18(6-3-14)25-12-13(8-21)9-22;3-2(4,5)1(6)7/h1-8,10-11H,9,12,22H2;(H,6,7)/b13-8+;. The molecule has 0 saturated heterocycles. The van der Waals surface area contributed by atoms with E-state index in [1.54, 1.807) is 42.7 Å². The summed E-state index contributed by atoms with van der Waals surface area (Å²) in [6.07, 6.45) is -1.13. The molecule has 32 heavy (non-hydrogen) atoms. The Bertz CT molecular complexity index is 1130. The van der Waals surface area contributed by atoms with Gasteiger partial charge in [0.15, 0.2) is 0 Å². The lowest BCUT2D eigenvalue weighted by Crippen LogP contribution is -2.21. The van der Waals surface area contributed by atoms with E-state index >= 15 is 0 Å². The van der Waals surface area contributed by atoms with Gasteiger partial charge in [0.1, 0.15) is 12.4 Å². The van der Waals surface area contributed by atoms with E-state index in [0.717, 1.165) is 10.8 Å². The molecule has 11 heteroatoms. The fourth-order valence-electron chi connectivity index (χ4n) is 2.38. The van der Waals surface area contributed by atoms with Crippen LogP contribution in [0.15, 0.2) is 66.8 Å². The van der Waals surface area contributed by atoms with Crippen molar-refractivity contribution >= 4 is 34.2 Å². The van der Waals surface area contributed by atoms with Crippen LogP contribution in [0.1, 0.15) is 10.4 Å². The molecule has 0 bridgehead atoms. The van der Waals surface area contributed by atoms with Crippen molar-refractivity contribution in [3.8, 4) is 5.75 Å². The number of nitrogens with two attached hydrogens (primary N) is 1. The molecule has 0 fully saturated rings. The molecule has 0 spiro atoms. The molecule has 2 aromatic carbocycles. The molecule has 0 aliphatic carbocycles. The molecule has 170 valence electrons. The smallest absolute Gasteiger partial charge is 0.489 e. The summed E-state index contributed by atoms with van der Waals surface area (Å²) in [5, 5.41) is 9.58. The average Bonchev–Trinajstić information content (AvgIpc) is 3.17. The molecule has 0 atom stereocenters. The van der Waals surface area contributed by atoms with E-state index in [0.29, 0.717) is 28.2 Å². The number of hydrogen-bond acceptors (Lipinski definition) is 4. The lowest BCUT2D eigenvalue weighted by atomic mass is 10.2. The van der Waals surface area contributed by atoms with Gasteiger partial charge in [0.25, 0.3) is 5.91 Å². The van der Waals surface area contributed by atoms with Crippen molar-refractivity contribution in [2.24, 2.45) is 5.73 Å². The van der Waals surface area contributed by atoms with Crippen molar-refractivity contribution in [3.05, 3.63) is 77.3 Å². The van der Waals surface area contributed by atoms with E-state index in [9.17, 15) is 22.4 Å². The number of aliphatic carboxylic acids is 1. The van der Waals surface area contributed by atoms with E-state index < -0.39 is 12.1 Å². The maximum absolute atomic E-state index is 12.6. The quantitative estimate of drug-likeness (QED) is 0.520. The number of fused-ring (bicyclic) bond motifs is 1. The Labute approximate surface area is 184 Å². The van der Waals surface area contributed by atoms with Gasteiger partial charge < -0.3 is 15.6 Å². The van der Waals surface area contributed by atoms with Crippen molar-refractivity contribution in [2.75, 3.05) is 13.2 Å². The van der Waals surface area contributed by atoms with Crippen LogP contribution in [0.3, 0.4) is 0 Å². The van der Waals surface area contributed by atoms with Gasteiger partial charge in [-0.2, -0.15) is 13.2 Å². The Morgan fingerprint density at radius 1 is 1.09 bits per heavy atom. The number of benzene rings is 2. The minimum atomic E-state index is -5.08. The Kier molecular flexibility index (Phi) is 8.39. The topological polar surface area (TPSA) is 94.5 Å². The number of carbonyl (C=O) groups is 2. The lowest BCUT2D eigenvalue weighted by molar-refractivity contribution is -0.192. The minimum absolute atomic E-state index is 0.0735. The number of nitrogens with zero attached hydrogens (tertiary/aromatic N) is 1. The summed E-state index contributed by atoms with van der Waals surface area (Å²) in [5.41, 5.74) is 6.24. The number of hydrogen-bond donors (Lipinski definition) is 2. The van der Waals surface area contributed by atoms with E-state index in [4.69, 9.17) is 32.0 Å². The first-order valence-electron chi connectivity index (χ1n) is 8.88. The monoisotopic (exact) mass is 472 g/mol. The Morgan fingerprint density at radius 2 is 1.69 bits per heavy atom. The largest absolute Gasteiger partial charge is 0.490 e. The highest BCUT2D eigenvalue weighted by Crippen LogP contribution is 2.21. The summed E-state index contributed by atoms with van der Waals surface area (Å²) in [5.74, 6) is -2.38. The highest BCUT2D eigenvalue weighted by atomic mass is 35.5. The number of rotatable bonds is 5. The molecular formula is C21H17ClF4N2O4. The maximum atomic E-state index is 12.6. The Hall–Kier alpha value is -3.37. The minimum Gasteiger partial charge on any atom is -0.489 e. The van der Waals surface area contributed by atoms with Gasteiger partial charge in [-0.1, -0.05) is 17.7 Å². The zero-order valence-corrected chi connectivity index (χ0v) is 17.0. The molecule has 0 saturated carbocycles. The lowest BCUT2D eigenvalue weighted by Gasteiger charge is -2.08. The van der Waals surface area contributed by atoms with Crippen LogP contribution in [0, 0.1) is 0 Å². The van der Waals surface area contributed by atoms with E-state index in [1.165, 1.54) is 4.57 Å². The fraction of sp³-hybridized carbons (Fsp3) is 0.143. The molecule has 0 aliphatic heterocycles. The van der Waals surface area contributed by atoms with Crippen LogP contribution in [0.4, 0.5) is 17.6 Å². The summed E-state index contributed by atoms with van der Waals surface area (Å²) < 4.78 is 51.1. The van der Waals surface area contributed by atoms with Gasteiger partial charge in [-0.3, -0.25) is 9.36 Å². The second kappa shape index (κ2) is 10.8. The molecule has 0 radical (unpaired) electrons. The van der Waals surface area contributed by atoms with Gasteiger partial charge >= 0.3 is 12.1 Å². The molecular weight excluding hydrogens is 456 g/mol. The second-order valence-electron chi connectivity index (χ2n) is 6.33. The van der Waals surface area contributed by atoms with Gasteiger partial charge in [0.2, 0.25) is 0 Å². The zero-order valence-electron chi connectivity index (χ0n) is 16.3. The molecule has 1 aromatic heterocycles. The molecule has 0 amide bonds. The number of alkyl halides is 3. The molecule has 3 aromatic rings. The third-order valence-electron chi connectivity index (χ3n) is 4.02. The Balaban J connectivity index is 0.000000451. The van der Waals surface area contributed by atoms with Gasteiger partial charge in [-0.15, -0.1) is 0 Å². The highest BCUT2D eigenvalue weighted by molar-refractivity contribution is 6.31. The summed E-state index contributed by atoms with van der Waals surface area (Å²) in [7, 11) is 0. The number of carboxylic acid groups (broad SMARTS) is 1. The van der Waals surface area contributed by atoms with Gasteiger partial charge in [-0.05, 0) is 41.8 Å². The van der Waals surface area contributed by atoms with Crippen LogP contribution < -0.4 is 10.5 Å². The van der Waals surface area contributed by atoms with Crippen LogP contribution in [0.25, 0.3) is 10.8 Å². The molecule has 3 N–H and O–H groups in total. The van der Waals surface area contributed by atoms with Crippen LogP contribution in [0.2, 0.25) is 5.02 Å². The molecule has 0 unspecified atom stereocenters. The van der Waals surface area contributed by atoms with Crippen LogP contribution in [-0.2, 0) is 4.79 Å². The predicted molar refractivity (Wildman–Crippen MR) is 111 cm³/mol. The number of aromatic nitrogens is 1. The van der Waals surface area contributed by atoms with Crippen LogP contribution in [0.5, 0.6) is 5.75 Å². The molecule has 1 heterocycles. The summed E-state index contributed by atoms with van der Waals surface area (Å²) in [6, 6.07) is 12.1. The first kappa shape index (κ1) is 24.9. The van der Waals surface area contributed by atoms with Gasteiger partial charge in [0, 0.05) is 40.5 Å². The first-order valence-corrected chi connectivity index (χ1v) is 9.26. The van der Waals surface area contributed by atoms with Crippen LogP contribution in [-0.4, -0.2) is 40.9 Å². The molecule has 6 nitrogen and oxygen atoms in total. The van der Waals surface area contributed by atoms with E-state index in [-0.39, 0.29) is 19.1 Å². The van der Waals surface area contributed by atoms with Gasteiger partial charge in [-0.25, -0.2) is 9.18 Å². The zero-order chi connectivity index (χ0) is 23.9. The number of carbonyl (C=O) groups excluding carboxylic acids is 1. The van der Waals surface area contributed by atoms with Crippen molar-refractivity contribution < 1.29 is 37.0 Å². The Morgan fingerprint density at radius 3 is 2.22 bits per heavy atom. The van der Waals surface area contributed by atoms with Gasteiger partial charge in [0.05, 0.1) is 6.33 Å². The molecule has 3 rings (SSSR count). The van der Waals surface area contributed by atoms with Crippen molar-refractivity contribution in [1.29, 1.82) is 0 Å². The van der Waals surface area contributed by atoms with E-state index in [2.05, 4.69) is 0 Å². The van der Waals surface area contributed by atoms with Crippen molar-refractivity contribution in [3.63, 3.8) is 0 Å². The number of carboxylic acids is 1. The van der Waals surface area contributed by atoms with Crippen molar-refractivity contribution in [1.82, 2.24) is 4.57 Å².